The van der Waals surface area contributed by atoms with Crippen molar-refractivity contribution in [3.63, 3.8) is 0 Å². The summed E-state index contributed by atoms with van der Waals surface area (Å²) in [5, 5.41) is 0. The number of likely N-dealkylation sites (tertiary alicyclic amines) is 1. The molecule has 1 atom stereocenters. The largest absolute Gasteiger partial charge is 0.289 e. The minimum atomic E-state index is -0.295. The monoisotopic (exact) mass is 272 g/mol. The average Bonchev–Trinajstić information content (AvgIpc) is 2.89. The SMILES string of the molecule is Cc1cncc(C2CCCN2Cc2ccc(F)cn2)n1. The number of hydrogen-bond donors (Lipinski definition) is 0. The van der Waals surface area contributed by atoms with Gasteiger partial charge in [0.25, 0.3) is 0 Å². The lowest BCUT2D eigenvalue weighted by molar-refractivity contribution is 0.240. The summed E-state index contributed by atoms with van der Waals surface area (Å²) < 4.78 is 12.9. The summed E-state index contributed by atoms with van der Waals surface area (Å²) in [4.78, 5) is 15.3. The highest BCUT2D eigenvalue weighted by molar-refractivity contribution is 5.11. The van der Waals surface area contributed by atoms with Gasteiger partial charge in [-0.3, -0.25) is 19.9 Å². The molecule has 0 radical (unpaired) electrons. The van der Waals surface area contributed by atoms with Crippen LogP contribution in [0.1, 0.15) is 36.0 Å². The Kier molecular flexibility index (Phi) is 3.69. The second-order valence-corrected chi connectivity index (χ2v) is 5.18. The lowest BCUT2D eigenvalue weighted by Crippen LogP contribution is -2.24. The quantitative estimate of drug-likeness (QED) is 0.861. The zero-order valence-corrected chi connectivity index (χ0v) is 11.5. The molecule has 2 aromatic rings. The van der Waals surface area contributed by atoms with Crippen LogP contribution in [-0.4, -0.2) is 26.4 Å². The van der Waals surface area contributed by atoms with E-state index in [1.807, 2.05) is 13.1 Å². The Hall–Kier alpha value is -1.88. The number of halogens is 1. The minimum Gasteiger partial charge on any atom is -0.289 e. The molecule has 20 heavy (non-hydrogen) atoms. The first-order valence-corrected chi connectivity index (χ1v) is 6.85. The maximum absolute atomic E-state index is 12.9. The lowest BCUT2D eigenvalue weighted by Gasteiger charge is -2.23. The van der Waals surface area contributed by atoms with Crippen LogP contribution < -0.4 is 0 Å². The van der Waals surface area contributed by atoms with Gasteiger partial charge in [-0.25, -0.2) is 4.39 Å². The van der Waals surface area contributed by atoms with Gasteiger partial charge in [0.1, 0.15) is 5.82 Å². The summed E-state index contributed by atoms with van der Waals surface area (Å²) in [6, 6.07) is 3.49. The molecular weight excluding hydrogens is 255 g/mol. The molecule has 1 aliphatic heterocycles. The van der Waals surface area contributed by atoms with Crippen LogP contribution in [0.25, 0.3) is 0 Å². The molecule has 1 saturated heterocycles. The average molecular weight is 272 g/mol. The third-order valence-electron chi connectivity index (χ3n) is 3.63. The molecule has 5 heteroatoms. The van der Waals surface area contributed by atoms with Gasteiger partial charge < -0.3 is 0 Å². The van der Waals surface area contributed by atoms with E-state index in [4.69, 9.17) is 0 Å². The van der Waals surface area contributed by atoms with Crippen LogP contribution in [0.3, 0.4) is 0 Å². The van der Waals surface area contributed by atoms with Crippen LogP contribution in [0.2, 0.25) is 0 Å². The number of aromatic nitrogens is 3. The van der Waals surface area contributed by atoms with Crippen molar-refractivity contribution in [2.24, 2.45) is 0 Å². The molecule has 3 heterocycles. The highest BCUT2D eigenvalue weighted by atomic mass is 19.1. The Morgan fingerprint density at radius 3 is 2.95 bits per heavy atom. The number of hydrogen-bond acceptors (Lipinski definition) is 4. The zero-order valence-electron chi connectivity index (χ0n) is 11.5. The number of pyridine rings is 1. The van der Waals surface area contributed by atoms with E-state index in [9.17, 15) is 4.39 Å². The molecule has 2 aromatic heterocycles. The molecule has 0 saturated carbocycles. The van der Waals surface area contributed by atoms with Crippen molar-refractivity contribution >= 4 is 0 Å². The Morgan fingerprint density at radius 1 is 1.30 bits per heavy atom. The second kappa shape index (κ2) is 5.63. The summed E-state index contributed by atoms with van der Waals surface area (Å²) >= 11 is 0. The standard InChI is InChI=1S/C15H17FN4/c1-11-7-17-9-14(19-11)15-3-2-6-20(15)10-13-5-4-12(16)8-18-13/h4-5,7-9,15H,2-3,6,10H2,1H3. The summed E-state index contributed by atoms with van der Waals surface area (Å²) in [6.45, 7) is 3.69. The molecule has 0 N–H and O–H groups in total. The Balaban J connectivity index is 1.77. The van der Waals surface area contributed by atoms with Gasteiger partial charge in [-0.2, -0.15) is 0 Å². The maximum atomic E-state index is 12.9. The molecule has 4 nitrogen and oxygen atoms in total. The van der Waals surface area contributed by atoms with Gasteiger partial charge in [-0.05, 0) is 38.4 Å². The number of rotatable bonds is 3. The zero-order chi connectivity index (χ0) is 13.9. The van der Waals surface area contributed by atoms with Gasteiger partial charge in [0.15, 0.2) is 0 Å². The summed E-state index contributed by atoms with van der Waals surface area (Å²) in [6.07, 6.45) is 7.10. The molecule has 104 valence electrons. The first kappa shape index (κ1) is 13.1. The fourth-order valence-electron chi connectivity index (χ4n) is 2.70. The third kappa shape index (κ3) is 2.82. The molecule has 3 rings (SSSR count). The first-order chi connectivity index (χ1) is 9.72. The van der Waals surface area contributed by atoms with E-state index < -0.39 is 0 Å². The molecule has 1 fully saturated rings. The molecule has 1 aliphatic rings. The molecule has 1 unspecified atom stereocenters. The van der Waals surface area contributed by atoms with E-state index >= 15 is 0 Å². The van der Waals surface area contributed by atoms with Crippen molar-refractivity contribution in [3.8, 4) is 0 Å². The molecule has 0 aromatic carbocycles. The Morgan fingerprint density at radius 2 is 2.20 bits per heavy atom. The summed E-state index contributed by atoms with van der Waals surface area (Å²) in [7, 11) is 0. The van der Waals surface area contributed by atoms with Crippen LogP contribution in [0.5, 0.6) is 0 Å². The van der Waals surface area contributed by atoms with Crippen molar-refractivity contribution in [2.45, 2.75) is 32.4 Å². The first-order valence-electron chi connectivity index (χ1n) is 6.85. The molecule has 0 amide bonds. The van der Waals surface area contributed by atoms with Gasteiger partial charge in [0.2, 0.25) is 0 Å². The van der Waals surface area contributed by atoms with E-state index in [1.165, 1.54) is 12.3 Å². The smallest absolute Gasteiger partial charge is 0.141 e. The normalized spacial score (nSPS) is 19.4. The predicted molar refractivity (Wildman–Crippen MR) is 73.3 cm³/mol. The molecular formula is C15H17FN4. The van der Waals surface area contributed by atoms with Crippen LogP contribution >= 0.6 is 0 Å². The number of aryl methyl sites for hydroxylation is 1. The van der Waals surface area contributed by atoms with Crippen LogP contribution in [0.15, 0.2) is 30.7 Å². The fraction of sp³-hybridized carbons (Fsp3) is 0.400. The Bertz CT molecular complexity index is 585. The van der Waals surface area contributed by atoms with Crippen molar-refractivity contribution in [1.82, 2.24) is 19.9 Å². The van der Waals surface area contributed by atoms with E-state index in [0.717, 1.165) is 43.0 Å². The maximum Gasteiger partial charge on any atom is 0.141 e. The second-order valence-electron chi connectivity index (χ2n) is 5.18. The molecule has 0 aliphatic carbocycles. The highest BCUT2D eigenvalue weighted by Gasteiger charge is 2.27. The van der Waals surface area contributed by atoms with Gasteiger partial charge in [-0.1, -0.05) is 0 Å². The van der Waals surface area contributed by atoms with Crippen molar-refractivity contribution in [3.05, 3.63) is 53.6 Å². The van der Waals surface area contributed by atoms with Crippen LogP contribution in [0, 0.1) is 12.7 Å². The van der Waals surface area contributed by atoms with E-state index in [2.05, 4.69) is 19.9 Å². The van der Waals surface area contributed by atoms with Gasteiger partial charge in [0, 0.05) is 18.9 Å². The number of nitrogens with zero attached hydrogens (tertiary/aromatic N) is 4. The predicted octanol–water partition coefficient (Wildman–Crippen LogP) is 2.66. The Labute approximate surface area is 117 Å². The van der Waals surface area contributed by atoms with Crippen molar-refractivity contribution < 1.29 is 4.39 Å². The van der Waals surface area contributed by atoms with E-state index in [1.54, 1.807) is 12.3 Å². The topological polar surface area (TPSA) is 41.9 Å². The van der Waals surface area contributed by atoms with E-state index in [-0.39, 0.29) is 11.9 Å². The van der Waals surface area contributed by atoms with Gasteiger partial charge in [0.05, 0.1) is 29.3 Å². The molecule has 0 bridgehead atoms. The van der Waals surface area contributed by atoms with Crippen molar-refractivity contribution in [1.29, 1.82) is 0 Å². The van der Waals surface area contributed by atoms with Gasteiger partial charge in [-0.15, -0.1) is 0 Å². The minimum absolute atomic E-state index is 0.286. The van der Waals surface area contributed by atoms with Crippen molar-refractivity contribution in [2.75, 3.05) is 6.54 Å². The lowest BCUT2D eigenvalue weighted by atomic mass is 10.1. The van der Waals surface area contributed by atoms with Crippen LogP contribution in [-0.2, 0) is 6.54 Å². The highest BCUT2D eigenvalue weighted by Crippen LogP contribution is 2.31. The third-order valence-corrected chi connectivity index (χ3v) is 3.63. The van der Waals surface area contributed by atoms with E-state index in [0.29, 0.717) is 0 Å². The van der Waals surface area contributed by atoms with Crippen LogP contribution in [0.4, 0.5) is 4.39 Å². The summed E-state index contributed by atoms with van der Waals surface area (Å²) in [5.41, 5.74) is 2.85. The summed E-state index contributed by atoms with van der Waals surface area (Å²) in [5.74, 6) is -0.295. The fourth-order valence-corrected chi connectivity index (χ4v) is 2.70. The molecule has 0 spiro atoms. The van der Waals surface area contributed by atoms with Gasteiger partial charge >= 0.3 is 0 Å².